The van der Waals surface area contributed by atoms with E-state index in [1.807, 2.05) is 55.5 Å². The van der Waals surface area contributed by atoms with Gasteiger partial charge in [0.2, 0.25) is 0 Å². The number of pyridine rings is 1. The third-order valence-electron chi connectivity index (χ3n) is 5.56. The van der Waals surface area contributed by atoms with Gasteiger partial charge in [-0.3, -0.25) is 9.59 Å². The normalized spacial score (nSPS) is 16.2. The van der Waals surface area contributed by atoms with Gasteiger partial charge in [0.1, 0.15) is 6.10 Å². The molecule has 1 aliphatic heterocycles. The van der Waals surface area contributed by atoms with E-state index in [2.05, 4.69) is 5.32 Å². The van der Waals surface area contributed by atoms with Crippen LogP contribution in [0.1, 0.15) is 45.0 Å². The van der Waals surface area contributed by atoms with E-state index < -0.39 is 6.10 Å². The van der Waals surface area contributed by atoms with Gasteiger partial charge in [-0.05, 0) is 36.8 Å². The Bertz CT molecular complexity index is 1110. The first-order valence-corrected chi connectivity index (χ1v) is 10.8. The van der Waals surface area contributed by atoms with Crippen molar-refractivity contribution in [2.75, 3.05) is 33.4 Å². The number of hydrogen-bond donors (Lipinski definition) is 1. The molecule has 2 amide bonds. The maximum Gasteiger partial charge on any atom is 0.254 e. The van der Waals surface area contributed by atoms with Gasteiger partial charge in [-0.15, -0.1) is 0 Å². The largest absolute Gasteiger partial charge is 0.377 e. The van der Waals surface area contributed by atoms with Gasteiger partial charge in [0, 0.05) is 31.1 Å². The summed E-state index contributed by atoms with van der Waals surface area (Å²) in [5.41, 5.74) is 3.58. The number of morpholine rings is 1. The highest BCUT2D eigenvalue weighted by atomic mass is 16.5. The number of hydrogen-bond acceptors (Lipinski definition) is 5. The predicted octanol–water partition coefficient (Wildman–Crippen LogP) is 3.34. The lowest BCUT2D eigenvalue weighted by Crippen LogP contribution is -2.42. The molecule has 0 unspecified atom stereocenters. The summed E-state index contributed by atoms with van der Waals surface area (Å²) >= 11 is 0. The summed E-state index contributed by atoms with van der Waals surface area (Å²) in [7, 11) is 1.61. The highest BCUT2D eigenvalue weighted by Gasteiger charge is 2.28. The van der Waals surface area contributed by atoms with Gasteiger partial charge in [0.25, 0.3) is 11.8 Å². The first-order chi connectivity index (χ1) is 15.6. The number of aromatic nitrogens is 1. The van der Waals surface area contributed by atoms with Crippen LogP contribution in [0.3, 0.4) is 0 Å². The number of nitrogens with zero attached hydrogens (tertiary/aromatic N) is 2. The minimum absolute atomic E-state index is 0.0476. The Morgan fingerprint density at radius 1 is 1.19 bits per heavy atom. The third-order valence-corrected chi connectivity index (χ3v) is 5.56. The van der Waals surface area contributed by atoms with Crippen LogP contribution in [0.5, 0.6) is 0 Å². The highest BCUT2D eigenvalue weighted by Crippen LogP contribution is 2.27. The zero-order valence-corrected chi connectivity index (χ0v) is 18.3. The maximum absolute atomic E-state index is 13.1. The Hall–Kier alpha value is -3.29. The van der Waals surface area contributed by atoms with Crippen molar-refractivity contribution < 1.29 is 19.1 Å². The van der Waals surface area contributed by atoms with E-state index in [0.29, 0.717) is 49.7 Å². The summed E-state index contributed by atoms with van der Waals surface area (Å²) in [5, 5.41) is 3.47. The van der Waals surface area contributed by atoms with Gasteiger partial charge < -0.3 is 19.7 Å². The fourth-order valence-corrected chi connectivity index (χ4v) is 3.84. The number of carbonyl (C=O) groups excluding carboxylic acids is 2. The molecular weight excluding hydrogens is 406 g/mol. The molecule has 2 heterocycles. The highest BCUT2D eigenvalue weighted by molar-refractivity contribution is 6.06. The fraction of sp³-hybridized carbons (Fsp3) is 0.320. The predicted molar refractivity (Wildman–Crippen MR) is 122 cm³/mol. The number of benzene rings is 2. The molecule has 0 bridgehead atoms. The zero-order valence-electron chi connectivity index (χ0n) is 18.3. The Morgan fingerprint density at radius 3 is 2.72 bits per heavy atom. The second-order valence-corrected chi connectivity index (χ2v) is 7.64. The minimum atomic E-state index is -0.405. The first kappa shape index (κ1) is 21.9. The molecule has 0 spiro atoms. The van der Waals surface area contributed by atoms with Crippen molar-refractivity contribution in [1.29, 1.82) is 0 Å². The summed E-state index contributed by atoms with van der Waals surface area (Å²) in [6, 6.07) is 16.8. The second kappa shape index (κ2) is 9.89. The van der Waals surface area contributed by atoms with Crippen LogP contribution < -0.4 is 5.32 Å². The van der Waals surface area contributed by atoms with E-state index in [0.717, 1.165) is 16.5 Å². The summed E-state index contributed by atoms with van der Waals surface area (Å²) < 4.78 is 11.4. The standard InChI is InChI=1S/C25H27N3O4/c1-3-31-16-17-8-10-18(11-9-17)25(30)28-12-13-32-23(15-28)22-14-20(24(29)26-2)19-6-4-5-7-21(19)27-22/h4-11,14,23H,3,12-13,15-16H2,1-2H3,(H,26,29)/t23-/m1/s1. The summed E-state index contributed by atoms with van der Waals surface area (Å²) in [6.07, 6.45) is -0.405. The molecule has 2 aromatic carbocycles. The van der Waals surface area contributed by atoms with E-state index in [1.54, 1.807) is 18.0 Å². The van der Waals surface area contributed by atoms with Crippen molar-refractivity contribution in [2.45, 2.75) is 19.6 Å². The summed E-state index contributed by atoms with van der Waals surface area (Å²) in [5.74, 6) is -0.227. The lowest BCUT2D eigenvalue weighted by molar-refractivity contribution is -0.0246. The topological polar surface area (TPSA) is 80.8 Å². The number of fused-ring (bicyclic) bond motifs is 1. The number of rotatable bonds is 6. The Balaban J connectivity index is 1.55. The number of amides is 2. The van der Waals surface area contributed by atoms with Crippen LogP contribution in [0.25, 0.3) is 10.9 Å². The SMILES string of the molecule is CCOCc1ccc(C(=O)N2CCO[C@@H](c3cc(C(=O)NC)c4ccccc4n3)C2)cc1. The number of para-hydroxylation sites is 1. The molecule has 1 aliphatic rings. The quantitative estimate of drug-likeness (QED) is 0.645. The molecular formula is C25H27N3O4. The number of nitrogens with one attached hydrogen (secondary N) is 1. The van der Waals surface area contributed by atoms with Crippen LogP contribution in [-0.2, 0) is 16.1 Å². The van der Waals surface area contributed by atoms with Crippen LogP contribution in [0.15, 0.2) is 54.6 Å². The average Bonchev–Trinajstić information content (AvgIpc) is 2.86. The van der Waals surface area contributed by atoms with Gasteiger partial charge in [0.15, 0.2) is 0 Å². The van der Waals surface area contributed by atoms with E-state index >= 15 is 0 Å². The average molecular weight is 434 g/mol. The monoisotopic (exact) mass is 433 g/mol. The lowest BCUT2D eigenvalue weighted by Gasteiger charge is -2.33. The maximum atomic E-state index is 13.1. The van der Waals surface area contributed by atoms with Gasteiger partial charge in [-0.25, -0.2) is 4.98 Å². The Kier molecular flexibility index (Phi) is 6.78. The van der Waals surface area contributed by atoms with Gasteiger partial charge in [0.05, 0.1) is 36.5 Å². The molecule has 1 atom stereocenters. The molecule has 4 rings (SSSR count). The van der Waals surface area contributed by atoms with Crippen LogP contribution in [0.2, 0.25) is 0 Å². The van der Waals surface area contributed by atoms with Crippen molar-refractivity contribution in [3.05, 3.63) is 77.0 Å². The van der Waals surface area contributed by atoms with E-state index in [1.165, 1.54) is 0 Å². The first-order valence-electron chi connectivity index (χ1n) is 10.8. The van der Waals surface area contributed by atoms with Crippen LogP contribution in [0, 0.1) is 0 Å². The molecule has 1 aromatic heterocycles. The van der Waals surface area contributed by atoms with Crippen molar-refractivity contribution in [3.63, 3.8) is 0 Å². The van der Waals surface area contributed by atoms with Gasteiger partial charge >= 0.3 is 0 Å². The third kappa shape index (κ3) is 4.64. The van der Waals surface area contributed by atoms with Crippen LogP contribution >= 0.6 is 0 Å². The van der Waals surface area contributed by atoms with E-state index in [9.17, 15) is 9.59 Å². The second-order valence-electron chi connectivity index (χ2n) is 7.64. The molecule has 7 heteroatoms. The molecule has 0 radical (unpaired) electrons. The molecule has 1 fully saturated rings. The van der Waals surface area contributed by atoms with Gasteiger partial charge in [-0.2, -0.15) is 0 Å². The van der Waals surface area contributed by atoms with Crippen molar-refractivity contribution in [1.82, 2.24) is 15.2 Å². The Labute approximate surface area is 187 Å². The zero-order chi connectivity index (χ0) is 22.5. The van der Waals surface area contributed by atoms with Gasteiger partial charge in [-0.1, -0.05) is 30.3 Å². The number of carbonyl (C=O) groups is 2. The van der Waals surface area contributed by atoms with E-state index in [-0.39, 0.29) is 11.8 Å². The van der Waals surface area contributed by atoms with Crippen LogP contribution in [0.4, 0.5) is 0 Å². The van der Waals surface area contributed by atoms with Crippen molar-refractivity contribution in [2.24, 2.45) is 0 Å². The molecule has 0 saturated carbocycles. The minimum Gasteiger partial charge on any atom is -0.377 e. The molecule has 32 heavy (non-hydrogen) atoms. The van der Waals surface area contributed by atoms with Crippen LogP contribution in [-0.4, -0.2) is 55.0 Å². The van der Waals surface area contributed by atoms with Crippen molar-refractivity contribution >= 4 is 22.7 Å². The summed E-state index contributed by atoms with van der Waals surface area (Å²) in [4.78, 5) is 32.1. The molecule has 7 nitrogen and oxygen atoms in total. The smallest absolute Gasteiger partial charge is 0.254 e. The van der Waals surface area contributed by atoms with E-state index in [4.69, 9.17) is 14.5 Å². The molecule has 3 aromatic rings. The molecule has 1 N–H and O–H groups in total. The fourth-order valence-electron chi connectivity index (χ4n) is 3.84. The molecule has 1 saturated heterocycles. The Morgan fingerprint density at radius 2 is 1.97 bits per heavy atom. The molecule has 166 valence electrons. The number of ether oxygens (including phenoxy) is 2. The lowest BCUT2D eigenvalue weighted by atomic mass is 10.0. The van der Waals surface area contributed by atoms with Crippen molar-refractivity contribution in [3.8, 4) is 0 Å². The molecule has 0 aliphatic carbocycles. The summed E-state index contributed by atoms with van der Waals surface area (Å²) in [6.45, 7) is 4.42.